The summed E-state index contributed by atoms with van der Waals surface area (Å²) >= 11 is 5.78. The first-order valence-corrected chi connectivity index (χ1v) is 7.57. The molecule has 0 fully saturated rings. The molecule has 126 valence electrons. The number of carbonyl (C=O) groups is 2. The second kappa shape index (κ2) is 9.05. The largest absolute Gasteiger partial charge is 0.444 e. The molecule has 0 aliphatic heterocycles. The van der Waals surface area contributed by atoms with Crippen molar-refractivity contribution in [1.29, 1.82) is 0 Å². The summed E-state index contributed by atoms with van der Waals surface area (Å²) in [4.78, 5) is 22.9. The van der Waals surface area contributed by atoms with E-state index in [-0.39, 0.29) is 12.6 Å². The molecule has 0 bridgehead atoms. The molecule has 1 rings (SSSR count). The molecule has 3 N–H and O–H groups in total. The Kier molecular flexibility index (Phi) is 7.41. The molecule has 6 nitrogen and oxygen atoms in total. The fourth-order valence-electron chi connectivity index (χ4n) is 1.49. The van der Waals surface area contributed by atoms with Crippen LogP contribution in [0.4, 0.5) is 9.59 Å². The van der Waals surface area contributed by atoms with Crippen LogP contribution in [0, 0.1) is 0 Å². The first-order chi connectivity index (χ1) is 10.8. The topological polar surface area (TPSA) is 79.5 Å². The maximum atomic E-state index is 11.5. The van der Waals surface area contributed by atoms with Gasteiger partial charge in [-0.2, -0.15) is 0 Å². The fraction of sp³-hybridized carbons (Fsp3) is 0.375. The van der Waals surface area contributed by atoms with Crippen molar-refractivity contribution >= 4 is 29.8 Å². The molecule has 7 heteroatoms. The normalized spacial score (nSPS) is 11.1. The van der Waals surface area contributed by atoms with Gasteiger partial charge in [0.25, 0.3) is 0 Å². The molecule has 1 aromatic rings. The molecule has 1 aromatic carbocycles. The summed E-state index contributed by atoms with van der Waals surface area (Å²) in [5, 5.41) is 8.37. The monoisotopic (exact) mass is 339 g/mol. The number of urea groups is 1. The first kappa shape index (κ1) is 18.8. The number of rotatable bonds is 5. The smallest absolute Gasteiger partial charge is 0.407 e. The number of hydrogen-bond acceptors (Lipinski definition) is 3. The van der Waals surface area contributed by atoms with Crippen molar-refractivity contribution in [2.45, 2.75) is 26.4 Å². The molecular weight excluding hydrogens is 318 g/mol. The van der Waals surface area contributed by atoms with Crippen LogP contribution in [0.1, 0.15) is 26.3 Å². The van der Waals surface area contributed by atoms with Gasteiger partial charge in [0, 0.05) is 24.3 Å². The molecule has 23 heavy (non-hydrogen) atoms. The molecule has 0 saturated carbocycles. The van der Waals surface area contributed by atoms with Gasteiger partial charge in [-0.3, -0.25) is 0 Å². The van der Waals surface area contributed by atoms with Crippen LogP contribution in [0.3, 0.4) is 0 Å². The molecule has 0 atom stereocenters. The summed E-state index contributed by atoms with van der Waals surface area (Å²) in [7, 11) is 0. The Labute approximate surface area is 141 Å². The Bertz CT molecular complexity index is 551. The van der Waals surface area contributed by atoms with Crippen molar-refractivity contribution in [3.63, 3.8) is 0 Å². The van der Waals surface area contributed by atoms with Gasteiger partial charge in [0.15, 0.2) is 0 Å². The van der Waals surface area contributed by atoms with Crippen LogP contribution in [0.15, 0.2) is 30.5 Å². The minimum Gasteiger partial charge on any atom is -0.444 e. The molecule has 0 aromatic heterocycles. The quantitative estimate of drug-likeness (QED) is 0.721. The van der Waals surface area contributed by atoms with Gasteiger partial charge < -0.3 is 20.7 Å². The molecule has 0 aliphatic carbocycles. The fourth-order valence-corrected chi connectivity index (χ4v) is 1.62. The number of amides is 3. The number of carbonyl (C=O) groups excluding carboxylic acids is 2. The second-order valence-corrected chi connectivity index (χ2v) is 6.15. The van der Waals surface area contributed by atoms with Crippen LogP contribution in [0.2, 0.25) is 5.02 Å². The summed E-state index contributed by atoms with van der Waals surface area (Å²) in [6, 6.07) is 6.85. The summed E-state index contributed by atoms with van der Waals surface area (Å²) in [6.07, 6.45) is 2.76. The Morgan fingerprint density at radius 2 is 1.74 bits per heavy atom. The lowest BCUT2D eigenvalue weighted by molar-refractivity contribution is 0.0528. The zero-order chi connectivity index (χ0) is 17.3. The molecule has 0 saturated heterocycles. The highest BCUT2D eigenvalue weighted by Gasteiger charge is 2.15. The van der Waals surface area contributed by atoms with E-state index >= 15 is 0 Å². The third-order valence-corrected chi connectivity index (χ3v) is 2.69. The summed E-state index contributed by atoms with van der Waals surface area (Å²) < 4.78 is 5.07. The van der Waals surface area contributed by atoms with Crippen LogP contribution >= 0.6 is 11.6 Å². The van der Waals surface area contributed by atoms with Gasteiger partial charge >= 0.3 is 12.1 Å². The van der Waals surface area contributed by atoms with Gasteiger partial charge in [-0.1, -0.05) is 23.7 Å². The molecule has 0 unspecified atom stereocenters. The summed E-state index contributed by atoms with van der Waals surface area (Å²) in [5.74, 6) is 0. The van der Waals surface area contributed by atoms with Crippen molar-refractivity contribution in [3.05, 3.63) is 41.1 Å². The standard InChI is InChI=1S/C16H22ClN3O3/c1-16(2,3)23-15(22)20-11-10-19-14(21)18-9-8-12-4-6-13(17)7-5-12/h4-9H,10-11H2,1-3H3,(H,20,22)(H2,18,19,21)/b9-8+. The van der Waals surface area contributed by atoms with Gasteiger partial charge in [-0.25, -0.2) is 9.59 Å². The minimum atomic E-state index is -0.540. The third kappa shape index (κ3) is 9.42. The average molecular weight is 340 g/mol. The van der Waals surface area contributed by atoms with Crippen LogP contribution in [0.5, 0.6) is 0 Å². The van der Waals surface area contributed by atoms with Gasteiger partial charge in [-0.05, 0) is 44.5 Å². The number of nitrogens with one attached hydrogen (secondary N) is 3. The van der Waals surface area contributed by atoms with Crippen LogP contribution in [-0.4, -0.2) is 30.8 Å². The van der Waals surface area contributed by atoms with Gasteiger partial charge in [0.05, 0.1) is 0 Å². The van der Waals surface area contributed by atoms with Gasteiger partial charge in [0.2, 0.25) is 0 Å². The lowest BCUT2D eigenvalue weighted by Gasteiger charge is -2.19. The van der Waals surface area contributed by atoms with Gasteiger partial charge in [-0.15, -0.1) is 0 Å². The van der Waals surface area contributed by atoms with E-state index in [1.165, 1.54) is 6.20 Å². The van der Waals surface area contributed by atoms with Crippen LogP contribution < -0.4 is 16.0 Å². The zero-order valence-corrected chi connectivity index (χ0v) is 14.2. The van der Waals surface area contributed by atoms with Crippen LogP contribution in [-0.2, 0) is 4.74 Å². The van der Waals surface area contributed by atoms with E-state index in [0.717, 1.165) is 5.56 Å². The SMILES string of the molecule is CC(C)(C)OC(=O)NCCNC(=O)N/C=C/c1ccc(Cl)cc1. The molecular formula is C16H22ClN3O3. The van der Waals surface area contributed by atoms with E-state index in [2.05, 4.69) is 16.0 Å². The Hall–Kier alpha value is -2.21. The predicted molar refractivity (Wildman–Crippen MR) is 91.3 cm³/mol. The number of alkyl carbamates (subject to hydrolysis) is 1. The minimum absolute atomic E-state index is 0.281. The van der Waals surface area contributed by atoms with Crippen molar-refractivity contribution in [2.75, 3.05) is 13.1 Å². The van der Waals surface area contributed by atoms with Crippen molar-refractivity contribution in [1.82, 2.24) is 16.0 Å². The van der Waals surface area contributed by atoms with E-state index in [4.69, 9.17) is 16.3 Å². The second-order valence-electron chi connectivity index (χ2n) is 5.71. The lowest BCUT2D eigenvalue weighted by atomic mass is 10.2. The van der Waals surface area contributed by atoms with E-state index in [1.54, 1.807) is 39.0 Å². The molecule has 3 amide bonds. The summed E-state index contributed by atoms with van der Waals surface area (Å²) in [6.45, 7) is 5.92. The van der Waals surface area contributed by atoms with Crippen molar-refractivity contribution in [2.24, 2.45) is 0 Å². The molecule has 0 heterocycles. The lowest BCUT2D eigenvalue weighted by Crippen LogP contribution is -2.40. The number of ether oxygens (including phenoxy) is 1. The predicted octanol–water partition coefficient (Wildman–Crippen LogP) is 3.13. The van der Waals surface area contributed by atoms with E-state index in [1.807, 2.05) is 12.1 Å². The maximum Gasteiger partial charge on any atom is 0.407 e. The number of benzene rings is 1. The average Bonchev–Trinajstić information content (AvgIpc) is 2.44. The summed E-state index contributed by atoms with van der Waals surface area (Å²) in [5.41, 5.74) is 0.378. The van der Waals surface area contributed by atoms with Crippen molar-refractivity contribution < 1.29 is 14.3 Å². The first-order valence-electron chi connectivity index (χ1n) is 7.19. The Balaban J connectivity index is 2.17. The van der Waals surface area contributed by atoms with Crippen LogP contribution in [0.25, 0.3) is 6.08 Å². The molecule has 0 radical (unpaired) electrons. The highest BCUT2D eigenvalue weighted by atomic mass is 35.5. The molecule has 0 spiro atoms. The number of hydrogen-bond donors (Lipinski definition) is 3. The van der Waals surface area contributed by atoms with E-state index in [0.29, 0.717) is 11.6 Å². The number of halogens is 1. The maximum absolute atomic E-state index is 11.5. The third-order valence-electron chi connectivity index (χ3n) is 2.44. The highest BCUT2D eigenvalue weighted by Crippen LogP contribution is 2.10. The Morgan fingerprint density at radius 1 is 1.13 bits per heavy atom. The molecule has 0 aliphatic rings. The zero-order valence-electron chi connectivity index (χ0n) is 13.5. The van der Waals surface area contributed by atoms with E-state index in [9.17, 15) is 9.59 Å². The van der Waals surface area contributed by atoms with Gasteiger partial charge in [0.1, 0.15) is 5.60 Å². The highest BCUT2D eigenvalue weighted by molar-refractivity contribution is 6.30. The van der Waals surface area contributed by atoms with E-state index < -0.39 is 11.7 Å². The Morgan fingerprint density at radius 3 is 2.35 bits per heavy atom. The van der Waals surface area contributed by atoms with Crippen molar-refractivity contribution in [3.8, 4) is 0 Å².